The molecule has 0 aliphatic carbocycles. The summed E-state index contributed by atoms with van der Waals surface area (Å²) in [5.41, 5.74) is 1.41. The van der Waals surface area contributed by atoms with Gasteiger partial charge in [-0.25, -0.2) is 0 Å². The molecule has 20 heavy (non-hydrogen) atoms. The molecule has 0 aliphatic rings. The standard InChI is InChI=1S/C16H16ClNO2/c1-2-8-20-14-5-3-4-13(9-14)16(19)10-12-6-7-18-11-15(12)17/h3-7,9,11H,2,8,10H2,1H3. The minimum Gasteiger partial charge on any atom is -0.494 e. The molecule has 0 fully saturated rings. The monoisotopic (exact) mass is 289 g/mol. The Kier molecular flexibility index (Phi) is 5.13. The average Bonchev–Trinajstić information content (AvgIpc) is 2.48. The molecule has 2 rings (SSSR count). The zero-order valence-corrected chi connectivity index (χ0v) is 12.1. The molecule has 0 N–H and O–H groups in total. The molecule has 1 aromatic heterocycles. The molecule has 0 unspecified atom stereocenters. The Labute approximate surface area is 123 Å². The summed E-state index contributed by atoms with van der Waals surface area (Å²) < 4.78 is 5.53. The van der Waals surface area contributed by atoms with Crippen LogP contribution in [-0.2, 0) is 6.42 Å². The molecule has 0 aliphatic heterocycles. The Morgan fingerprint density at radius 1 is 1.35 bits per heavy atom. The maximum atomic E-state index is 12.3. The number of benzene rings is 1. The van der Waals surface area contributed by atoms with Gasteiger partial charge in [0.15, 0.2) is 5.78 Å². The number of aromatic nitrogens is 1. The zero-order valence-electron chi connectivity index (χ0n) is 11.3. The first kappa shape index (κ1) is 14.5. The summed E-state index contributed by atoms with van der Waals surface area (Å²) >= 11 is 6.02. The predicted octanol–water partition coefficient (Wildman–Crippen LogP) is 3.95. The third kappa shape index (κ3) is 3.81. The molecular weight excluding hydrogens is 274 g/mol. The van der Waals surface area contributed by atoms with Crippen LogP contribution in [0.15, 0.2) is 42.7 Å². The van der Waals surface area contributed by atoms with Crippen molar-refractivity contribution in [1.82, 2.24) is 4.98 Å². The Balaban J connectivity index is 2.11. The van der Waals surface area contributed by atoms with E-state index in [1.165, 1.54) is 0 Å². The number of hydrogen-bond donors (Lipinski definition) is 0. The van der Waals surface area contributed by atoms with E-state index in [0.717, 1.165) is 17.7 Å². The number of nitrogens with zero attached hydrogens (tertiary/aromatic N) is 1. The van der Waals surface area contributed by atoms with Crippen molar-refractivity contribution in [2.24, 2.45) is 0 Å². The Morgan fingerprint density at radius 2 is 2.20 bits per heavy atom. The van der Waals surface area contributed by atoms with Crippen LogP contribution in [0, 0.1) is 0 Å². The fourth-order valence-electron chi connectivity index (χ4n) is 1.80. The lowest BCUT2D eigenvalue weighted by molar-refractivity contribution is 0.0992. The maximum absolute atomic E-state index is 12.3. The molecule has 3 nitrogen and oxygen atoms in total. The van der Waals surface area contributed by atoms with Crippen LogP contribution in [0.25, 0.3) is 0 Å². The fourth-order valence-corrected chi connectivity index (χ4v) is 1.99. The van der Waals surface area contributed by atoms with Crippen molar-refractivity contribution in [3.05, 3.63) is 58.9 Å². The second-order valence-corrected chi connectivity index (χ2v) is 4.85. The predicted molar refractivity (Wildman–Crippen MR) is 79.5 cm³/mol. The summed E-state index contributed by atoms with van der Waals surface area (Å²) in [5.74, 6) is 0.735. The van der Waals surface area contributed by atoms with E-state index >= 15 is 0 Å². The van der Waals surface area contributed by atoms with E-state index in [2.05, 4.69) is 4.98 Å². The summed E-state index contributed by atoms with van der Waals surface area (Å²) in [5, 5.41) is 0.513. The van der Waals surface area contributed by atoms with E-state index in [0.29, 0.717) is 17.2 Å². The van der Waals surface area contributed by atoms with Crippen molar-refractivity contribution in [2.45, 2.75) is 19.8 Å². The van der Waals surface area contributed by atoms with Crippen molar-refractivity contribution >= 4 is 17.4 Å². The van der Waals surface area contributed by atoms with Crippen LogP contribution < -0.4 is 4.74 Å². The van der Waals surface area contributed by atoms with Crippen molar-refractivity contribution in [1.29, 1.82) is 0 Å². The second-order valence-electron chi connectivity index (χ2n) is 4.44. The van der Waals surface area contributed by atoms with Crippen molar-refractivity contribution in [3.63, 3.8) is 0 Å². The van der Waals surface area contributed by atoms with Crippen molar-refractivity contribution < 1.29 is 9.53 Å². The van der Waals surface area contributed by atoms with E-state index in [1.54, 1.807) is 30.6 Å². The van der Waals surface area contributed by atoms with Gasteiger partial charge in [0, 0.05) is 24.4 Å². The molecular formula is C16H16ClNO2. The first-order valence-electron chi connectivity index (χ1n) is 6.55. The second kappa shape index (κ2) is 7.06. The van der Waals surface area contributed by atoms with Crippen LogP contribution in [0.5, 0.6) is 5.75 Å². The molecule has 0 saturated heterocycles. The van der Waals surface area contributed by atoms with Gasteiger partial charge in [0.05, 0.1) is 11.6 Å². The van der Waals surface area contributed by atoms with Gasteiger partial charge in [-0.05, 0) is 30.2 Å². The fraction of sp³-hybridized carbons (Fsp3) is 0.250. The van der Waals surface area contributed by atoms with Gasteiger partial charge in [0.2, 0.25) is 0 Å². The Morgan fingerprint density at radius 3 is 2.95 bits per heavy atom. The minimum atomic E-state index is 0.0139. The largest absolute Gasteiger partial charge is 0.494 e. The number of carbonyl (C=O) groups is 1. The number of pyridine rings is 1. The highest BCUT2D eigenvalue weighted by Crippen LogP contribution is 2.19. The van der Waals surface area contributed by atoms with Gasteiger partial charge in [0.25, 0.3) is 0 Å². The van der Waals surface area contributed by atoms with Crippen LogP contribution in [0.4, 0.5) is 0 Å². The van der Waals surface area contributed by atoms with Gasteiger partial charge >= 0.3 is 0 Å². The maximum Gasteiger partial charge on any atom is 0.167 e. The van der Waals surface area contributed by atoms with Gasteiger partial charge in [-0.15, -0.1) is 0 Å². The summed E-state index contributed by atoms with van der Waals surface area (Å²) in [6.07, 6.45) is 4.38. The van der Waals surface area contributed by atoms with Crippen molar-refractivity contribution in [2.75, 3.05) is 6.61 Å². The van der Waals surface area contributed by atoms with Gasteiger partial charge in [-0.3, -0.25) is 9.78 Å². The van der Waals surface area contributed by atoms with Crippen LogP contribution in [0.2, 0.25) is 5.02 Å². The highest BCUT2D eigenvalue weighted by molar-refractivity contribution is 6.31. The summed E-state index contributed by atoms with van der Waals surface area (Å²) in [6.45, 7) is 2.69. The zero-order chi connectivity index (χ0) is 14.4. The molecule has 1 aromatic carbocycles. The van der Waals surface area contributed by atoms with E-state index in [-0.39, 0.29) is 12.2 Å². The topological polar surface area (TPSA) is 39.2 Å². The molecule has 0 atom stereocenters. The molecule has 104 valence electrons. The highest BCUT2D eigenvalue weighted by atomic mass is 35.5. The van der Waals surface area contributed by atoms with E-state index in [4.69, 9.17) is 16.3 Å². The number of ketones is 1. The SMILES string of the molecule is CCCOc1cccc(C(=O)Cc2ccncc2Cl)c1. The summed E-state index contributed by atoms with van der Waals surface area (Å²) in [6, 6.07) is 9.00. The minimum absolute atomic E-state index is 0.0139. The lowest BCUT2D eigenvalue weighted by atomic mass is 10.0. The molecule has 2 aromatic rings. The number of hydrogen-bond acceptors (Lipinski definition) is 3. The number of rotatable bonds is 6. The quantitative estimate of drug-likeness (QED) is 0.756. The van der Waals surface area contributed by atoms with Gasteiger partial charge < -0.3 is 4.74 Å². The van der Waals surface area contributed by atoms with Crippen LogP contribution in [0.1, 0.15) is 29.3 Å². The smallest absolute Gasteiger partial charge is 0.167 e. The van der Waals surface area contributed by atoms with Gasteiger partial charge in [-0.2, -0.15) is 0 Å². The molecule has 0 amide bonds. The normalized spacial score (nSPS) is 10.3. The first-order chi connectivity index (χ1) is 9.70. The van der Waals surface area contributed by atoms with Gasteiger partial charge in [0.1, 0.15) is 5.75 Å². The van der Waals surface area contributed by atoms with Gasteiger partial charge in [-0.1, -0.05) is 30.7 Å². The first-order valence-corrected chi connectivity index (χ1v) is 6.93. The van der Waals surface area contributed by atoms with Crippen LogP contribution in [0.3, 0.4) is 0 Å². The molecule has 0 spiro atoms. The average molecular weight is 290 g/mol. The molecule has 0 bridgehead atoms. The van der Waals surface area contributed by atoms with E-state index in [9.17, 15) is 4.79 Å². The molecule has 0 saturated carbocycles. The number of ether oxygens (including phenoxy) is 1. The number of carbonyl (C=O) groups excluding carboxylic acids is 1. The molecule has 1 heterocycles. The van der Waals surface area contributed by atoms with E-state index in [1.807, 2.05) is 19.1 Å². The Bertz CT molecular complexity index is 599. The summed E-state index contributed by atoms with van der Waals surface area (Å²) in [7, 11) is 0. The lowest BCUT2D eigenvalue weighted by Crippen LogP contribution is -2.05. The number of Topliss-reactive ketones (excluding diaryl/α,β-unsaturated/α-hetero) is 1. The van der Waals surface area contributed by atoms with Crippen LogP contribution >= 0.6 is 11.6 Å². The third-order valence-corrected chi connectivity index (χ3v) is 3.18. The Hall–Kier alpha value is -1.87. The lowest BCUT2D eigenvalue weighted by Gasteiger charge is -2.07. The third-order valence-electron chi connectivity index (χ3n) is 2.84. The highest BCUT2D eigenvalue weighted by Gasteiger charge is 2.10. The van der Waals surface area contributed by atoms with Crippen LogP contribution in [-0.4, -0.2) is 17.4 Å². The van der Waals surface area contributed by atoms with E-state index < -0.39 is 0 Å². The number of halogens is 1. The molecule has 0 radical (unpaired) electrons. The molecule has 4 heteroatoms. The summed E-state index contributed by atoms with van der Waals surface area (Å²) in [4.78, 5) is 16.2. The van der Waals surface area contributed by atoms with Crippen molar-refractivity contribution in [3.8, 4) is 5.75 Å².